The molecule has 0 spiro atoms. The van der Waals surface area contributed by atoms with E-state index < -0.39 is 53.2 Å². The quantitative estimate of drug-likeness (QED) is 0.193. The van der Waals surface area contributed by atoms with Crippen molar-refractivity contribution in [1.82, 2.24) is 15.0 Å². The van der Waals surface area contributed by atoms with Gasteiger partial charge in [-0.3, -0.25) is 9.52 Å². The van der Waals surface area contributed by atoms with E-state index in [2.05, 4.69) is 39.3 Å². The minimum atomic E-state index is -4.95. The fourth-order valence-corrected chi connectivity index (χ4v) is 5.79. The molecule has 2 aromatic heterocycles. The molecule has 1 N–H and O–H groups in total. The molecule has 0 saturated carbocycles. The van der Waals surface area contributed by atoms with Gasteiger partial charge in [0.05, 0.1) is 17.6 Å². The van der Waals surface area contributed by atoms with Crippen molar-refractivity contribution in [2.45, 2.75) is 63.5 Å². The van der Waals surface area contributed by atoms with Crippen molar-refractivity contribution in [3.05, 3.63) is 48.2 Å². The summed E-state index contributed by atoms with van der Waals surface area (Å²) in [4.78, 5) is 25.3. The highest BCUT2D eigenvalue weighted by atomic mass is 32.2. The lowest BCUT2D eigenvalue weighted by Crippen LogP contribution is -2.33. The van der Waals surface area contributed by atoms with E-state index in [4.69, 9.17) is 9.47 Å². The van der Waals surface area contributed by atoms with Gasteiger partial charge < -0.3 is 14.4 Å². The number of halogens is 3. The number of aromatic nitrogens is 3. The van der Waals surface area contributed by atoms with Crippen LogP contribution in [-0.4, -0.2) is 69.0 Å². The Hall–Kier alpha value is -3.30. The summed E-state index contributed by atoms with van der Waals surface area (Å²) in [5.74, 6) is -1.61. The van der Waals surface area contributed by atoms with E-state index in [0.29, 0.717) is 6.61 Å². The number of ether oxygens (including phenoxy) is 2. The molecular formula is C27H36F3N5O5SSi. The van der Waals surface area contributed by atoms with Crippen LogP contribution in [0.5, 0.6) is 5.88 Å². The summed E-state index contributed by atoms with van der Waals surface area (Å²) in [5.41, 5.74) is 0.0799. The Morgan fingerprint density at radius 3 is 2.33 bits per heavy atom. The van der Waals surface area contributed by atoms with Crippen molar-refractivity contribution in [3.8, 4) is 5.88 Å². The summed E-state index contributed by atoms with van der Waals surface area (Å²) in [6.45, 7) is 9.76. The molecule has 0 aliphatic rings. The van der Waals surface area contributed by atoms with Gasteiger partial charge in [0.15, 0.2) is 0 Å². The third kappa shape index (κ3) is 8.85. The molecule has 2 unspecified atom stereocenters. The normalized spacial score (nSPS) is 13.9. The average Bonchev–Trinajstić information content (AvgIpc) is 2.89. The number of hydrogen-bond donors (Lipinski definition) is 1. The van der Waals surface area contributed by atoms with Gasteiger partial charge in [-0.25, -0.2) is 23.4 Å². The lowest BCUT2D eigenvalue weighted by molar-refractivity contribution is -0.198. The van der Waals surface area contributed by atoms with E-state index >= 15 is 0 Å². The first-order valence-corrected chi connectivity index (χ1v) is 18.6. The Kier molecular flexibility index (Phi) is 10.5. The minimum Gasteiger partial charge on any atom is -0.457 e. The zero-order valence-corrected chi connectivity index (χ0v) is 26.2. The van der Waals surface area contributed by atoms with E-state index in [1.807, 2.05) is 0 Å². The van der Waals surface area contributed by atoms with E-state index in [1.54, 1.807) is 25.1 Å². The minimum absolute atomic E-state index is 0.0247. The smallest absolute Gasteiger partial charge is 0.429 e. The van der Waals surface area contributed by atoms with Gasteiger partial charge in [-0.1, -0.05) is 38.7 Å². The molecule has 2 atom stereocenters. The number of hydrogen-bond acceptors (Lipinski definition) is 8. The number of alkyl halides is 3. The molecule has 0 aliphatic carbocycles. The van der Waals surface area contributed by atoms with Crippen molar-refractivity contribution in [3.63, 3.8) is 0 Å². The highest BCUT2D eigenvalue weighted by molar-refractivity contribution is 7.93. The maximum absolute atomic E-state index is 14.4. The molecule has 10 nitrogen and oxygen atoms in total. The molecule has 0 saturated heterocycles. The van der Waals surface area contributed by atoms with Gasteiger partial charge in [0.2, 0.25) is 27.9 Å². The number of carbonyl (C=O) groups is 1. The maximum atomic E-state index is 14.4. The highest BCUT2D eigenvalue weighted by Crippen LogP contribution is 2.39. The van der Waals surface area contributed by atoms with Crippen LogP contribution in [0.3, 0.4) is 0 Å². The highest BCUT2D eigenvalue weighted by Gasteiger charge is 2.44. The van der Waals surface area contributed by atoms with Crippen LogP contribution in [0.4, 0.5) is 24.8 Å². The van der Waals surface area contributed by atoms with Gasteiger partial charge in [-0.2, -0.15) is 13.2 Å². The first-order chi connectivity index (χ1) is 19.5. The Labute approximate surface area is 244 Å². The van der Waals surface area contributed by atoms with E-state index in [0.717, 1.165) is 29.3 Å². The molecule has 1 amide bonds. The molecule has 3 aromatic rings. The first-order valence-electron chi connectivity index (χ1n) is 13.3. The van der Waals surface area contributed by atoms with Crippen LogP contribution in [0.1, 0.15) is 31.9 Å². The number of para-hydroxylation sites is 2. The van der Waals surface area contributed by atoms with Crippen LogP contribution in [0, 0.1) is 0 Å². The fourth-order valence-electron chi connectivity index (χ4n) is 3.75. The Morgan fingerprint density at radius 2 is 1.76 bits per heavy atom. The zero-order valence-electron chi connectivity index (χ0n) is 24.4. The largest absolute Gasteiger partial charge is 0.457 e. The lowest BCUT2D eigenvalue weighted by atomic mass is 10.1. The van der Waals surface area contributed by atoms with Crippen LogP contribution in [0.25, 0.3) is 11.0 Å². The Bertz CT molecular complexity index is 1500. The number of amides is 1. The average molecular weight is 628 g/mol. The van der Waals surface area contributed by atoms with Crippen molar-refractivity contribution in [2.24, 2.45) is 0 Å². The first kappa shape index (κ1) is 33.2. The number of fused-ring (bicyclic) bond motifs is 1. The van der Waals surface area contributed by atoms with Crippen LogP contribution in [0.15, 0.2) is 42.6 Å². The number of nitrogens with zero attached hydrogens (tertiary/aromatic N) is 4. The second-order valence-electron chi connectivity index (χ2n) is 11.0. The molecule has 0 aliphatic heterocycles. The summed E-state index contributed by atoms with van der Waals surface area (Å²) >= 11 is 0. The number of anilines is 2. The van der Waals surface area contributed by atoms with Crippen molar-refractivity contribution >= 4 is 46.7 Å². The van der Waals surface area contributed by atoms with Gasteiger partial charge in [0.25, 0.3) is 5.88 Å². The zero-order chi connectivity index (χ0) is 31.3. The maximum Gasteiger partial charge on any atom is 0.429 e. The predicted molar refractivity (Wildman–Crippen MR) is 158 cm³/mol. The summed E-state index contributed by atoms with van der Waals surface area (Å²) < 4.78 is 83.3. The van der Waals surface area contributed by atoms with Crippen molar-refractivity contribution < 1.29 is 35.9 Å². The Morgan fingerprint density at radius 1 is 1.12 bits per heavy atom. The predicted octanol–water partition coefficient (Wildman–Crippen LogP) is 5.57. The molecule has 3 rings (SSSR count). The van der Waals surface area contributed by atoms with Gasteiger partial charge >= 0.3 is 6.18 Å². The van der Waals surface area contributed by atoms with E-state index in [1.165, 1.54) is 20.0 Å². The summed E-state index contributed by atoms with van der Waals surface area (Å²) in [7, 11) is -4.20. The number of sulfonamides is 1. The molecule has 230 valence electrons. The Balaban J connectivity index is 2.00. The summed E-state index contributed by atoms with van der Waals surface area (Å²) in [5, 5.41) is -0.997. The van der Waals surface area contributed by atoms with Gasteiger partial charge in [0, 0.05) is 40.4 Å². The molecule has 0 radical (unpaired) electrons. The van der Waals surface area contributed by atoms with Crippen LogP contribution >= 0.6 is 0 Å². The van der Waals surface area contributed by atoms with E-state index in [9.17, 15) is 26.4 Å². The van der Waals surface area contributed by atoms with E-state index in [-0.39, 0.29) is 35.4 Å². The molecule has 15 heteroatoms. The van der Waals surface area contributed by atoms with Gasteiger partial charge in [0.1, 0.15) is 11.1 Å². The van der Waals surface area contributed by atoms with Crippen molar-refractivity contribution in [1.29, 1.82) is 0 Å². The van der Waals surface area contributed by atoms with Crippen molar-refractivity contribution in [2.75, 3.05) is 29.9 Å². The number of pyridine rings is 1. The molecule has 1 aromatic carbocycles. The number of benzene rings is 1. The third-order valence-corrected chi connectivity index (χ3v) is 9.92. The summed E-state index contributed by atoms with van der Waals surface area (Å²) in [6, 6.07) is 9.34. The molecule has 0 bridgehead atoms. The number of nitrogens with one attached hydrogen (secondary N) is 1. The second-order valence-corrected chi connectivity index (χ2v) is 18.6. The third-order valence-electron chi connectivity index (χ3n) is 6.39. The molecule has 2 heterocycles. The van der Waals surface area contributed by atoms with Crippen LogP contribution < -0.4 is 14.4 Å². The molecule has 0 fully saturated rings. The second kappa shape index (κ2) is 13.3. The number of rotatable bonds is 13. The van der Waals surface area contributed by atoms with Crippen LogP contribution in [0.2, 0.25) is 25.7 Å². The van der Waals surface area contributed by atoms with Gasteiger partial charge in [-0.15, -0.1) is 0 Å². The SMILES string of the molecule is CCC(COCC[Si](C)(C)C)S(=O)(=O)Nc1nc2ccccc2nc1OC(c1ccnc(N(C)C(C)=O)c1)C(F)(F)F. The molecular weight excluding hydrogens is 591 g/mol. The summed E-state index contributed by atoms with van der Waals surface area (Å²) in [6.07, 6.45) is -6.22. The van der Waals surface area contributed by atoms with Crippen LogP contribution in [-0.2, 0) is 19.6 Å². The van der Waals surface area contributed by atoms with Gasteiger partial charge in [-0.05, 0) is 36.7 Å². The standard InChI is InChI=1S/C27H36F3N5O5SSi/c1-7-20(17-39-14-15-42(4,5)6)41(37,38)34-25-26(33-22-11-9-8-10-21(22)32-25)40-24(27(28,29)30)19-12-13-31-23(16-19)35(3)18(2)36/h8-13,16,20,24H,7,14-15,17H2,1-6H3,(H,32,34). The number of carbonyl (C=O) groups excluding carboxylic acids is 1. The monoisotopic (exact) mass is 627 g/mol. The molecule has 42 heavy (non-hydrogen) atoms. The fraction of sp³-hybridized carbons (Fsp3) is 0.481. The topological polar surface area (TPSA) is 124 Å². The lowest BCUT2D eigenvalue weighted by Gasteiger charge is -2.24.